The van der Waals surface area contributed by atoms with E-state index < -0.39 is 6.04 Å². The van der Waals surface area contributed by atoms with Crippen molar-refractivity contribution in [3.05, 3.63) is 34.6 Å². The summed E-state index contributed by atoms with van der Waals surface area (Å²) in [4.78, 5) is 1.99. The molecule has 1 saturated heterocycles. The maximum atomic E-state index is 13.8. The highest BCUT2D eigenvalue weighted by molar-refractivity contribution is 6.30. The quantitative estimate of drug-likeness (QED) is 0.894. The van der Waals surface area contributed by atoms with E-state index in [0.29, 0.717) is 10.6 Å². The number of hydrogen-bond donors (Lipinski definition) is 1. The molecule has 0 saturated carbocycles. The van der Waals surface area contributed by atoms with Crippen LogP contribution in [0.25, 0.3) is 0 Å². The molecule has 1 aromatic carbocycles. The summed E-state index contributed by atoms with van der Waals surface area (Å²) in [6, 6.07) is 5.98. The Morgan fingerprint density at radius 3 is 3.00 bits per heavy atom. The van der Waals surface area contributed by atoms with Gasteiger partial charge in [-0.05, 0) is 31.2 Å². The molecular formula is C13H15ClFN3. The summed E-state index contributed by atoms with van der Waals surface area (Å²) in [6.07, 6.45) is 0.959. The van der Waals surface area contributed by atoms with Crippen molar-refractivity contribution in [2.75, 3.05) is 26.2 Å². The Morgan fingerprint density at radius 2 is 2.22 bits per heavy atom. The van der Waals surface area contributed by atoms with Crippen molar-refractivity contribution in [3.8, 4) is 6.07 Å². The highest BCUT2D eigenvalue weighted by Crippen LogP contribution is 2.26. The van der Waals surface area contributed by atoms with Gasteiger partial charge in [0.15, 0.2) is 0 Å². The van der Waals surface area contributed by atoms with E-state index in [1.807, 2.05) is 4.90 Å². The zero-order valence-electron chi connectivity index (χ0n) is 10.00. The molecule has 0 spiro atoms. The normalized spacial score (nSPS) is 18.9. The monoisotopic (exact) mass is 267 g/mol. The summed E-state index contributed by atoms with van der Waals surface area (Å²) in [5, 5.41) is 13.0. The van der Waals surface area contributed by atoms with Crippen LogP contribution in [0.1, 0.15) is 18.0 Å². The number of halogens is 2. The Bertz CT molecular complexity index is 450. The third kappa shape index (κ3) is 2.99. The fourth-order valence-electron chi connectivity index (χ4n) is 2.20. The molecule has 3 nitrogen and oxygen atoms in total. The van der Waals surface area contributed by atoms with Gasteiger partial charge in [-0.3, -0.25) is 4.90 Å². The van der Waals surface area contributed by atoms with Crippen molar-refractivity contribution in [1.82, 2.24) is 10.2 Å². The minimum absolute atomic E-state index is 0.368. The lowest BCUT2D eigenvalue weighted by Gasteiger charge is -2.25. The van der Waals surface area contributed by atoms with Crippen molar-refractivity contribution in [3.63, 3.8) is 0 Å². The van der Waals surface area contributed by atoms with E-state index >= 15 is 0 Å². The van der Waals surface area contributed by atoms with Crippen LogP contribution in [0.2, 0.25) is 5.02 Å². The molecule has 96 valence electrons. The van der Waals surface area contributed by atoms with Gasteiger partial charge in [-0.15, -0.1) is 0 Å². The van der Waals surface area contributed by atoms with Gasteiger partial charge in [-0.1, -0.05) is 11.6 Å². The van der Waals surface area contributed by atoms with E-state index in [-0.39, 0.29) is 5.82 Å². The van der Waals surface area contributed by atoms with Gasteiger partial charge in [0.25, 0.3) is 0 Å². The molecule has 1 atom stereocenters. The van der Waals surface area contributed by atoms with Gasteiger partial charge in [0, 0.05) is 30.2 Å². The van der Waals surface area contributed by atoms with Crippen LogP contribution in [0, 0.1) is 17.1 Å². The molecule has 0 amide bonds. The van der Waals surface area contributed by atoms with Gasteiger partial charge in [-0.2, -0.15) is 5.26 Å². The fraction of sp³-hybridized carbons (Fsp3) is 0.462. The Balaban J connectivity index is 2.26. The minimum Gasteiger partial charge on any atom is -0.315 e. The zero-order chi connectivity index (χ0) is 13.0. The number of nitriles is 1. The van der Waals surface area contributed by atoms with Crippen LogP contribution in [0.4, 0.5) is 4.39 Å². The summed E-state index contributed by atoms with van der Waals surface area (Å²) in [5.41, 5.74) is 0.368. The number of nitrogens with zero attached hydrogens (tertiary/aromatic N) is 2. The van der Waals surface area contributed by atoms with E-state index in [1.54, 1.807) is 6.07 Å². The molecule has 1 aliphatic rings. The predicted molar refractivity (Wildman–Crippen MR) is 68.8 cm³/mol. The molecule has 1 fully saturated rings. The van der Waals surface area contributed by atoms with Gasteiger partial charge in [0.05, 0.1) is 6.07 Å². The number of hydrogen-bond acceptors (Lipinski definition) is 3. The molecule has 1 aromatic rings. The first-order chi connectivity index (χ1) is 8.72. The van der Waals surface area contributed by atoms with Crippen molar-refractivity contribution in [2.45, 2.75) is 12.5 Å². The van der Waals surface area contributed by atoms with Crippen molar-refractivity contribution < 1.29 is 4.39 Å². The average Bonchev–Trinajstić information content (AvgIpc) is 2.64. The van der Waals surface area contributed by atoms with E-state index in [4.69, 9.17) is 11.6 Å². The second-order valence-electron chi connectivity index (χ2n) is 4.34. The molecule has 1 N–H and O–H groups in total. The molecule has 18 heavy (non-hydrogen) atoms. The smallest absolute Gasteiger partial charge is 0.129 e. The summed E-state index contributed by atoms with van der Waals surface area (Å²) in [7, 11) is 0. The van der Waals surface area contributed by atoms with Gasteiger partial charge in [0.1, 0.15) is 11.9 Å². The van der Waals surface area contributed by atoms with Crippen molar-refractivity contribution in [2.24, 2.45) is 0 Å². The van der Waals surface area contributed by atoms with E-state index in [0.717, 1.165) is 32.6 Å². The first kappa shape index (κ1) is 13.3. The lowest BCUT2D eigenvalue weighted by Crippen LogP contribution is -2.32. The standard InChI is InChI=1S/C13H15ClFN3/c14-10-2-3-12(15)11(8-10)13(9-16)18-6-1-4-17-5-7-18/h2-3,8,13,17H,1,4-7H2. The molecule has 2 rings (SSSR count). The third-order valence-electron chi connectivity index (χ3n) is 3.11. The van der Waals surface area contributed by atoms with Gasteiger partial charge in [0.2, 0.25) is 0 Å². The van der Waals surface area contributed by atoms with Crippen molar-refractivity contribution in [1.29, 1.82) is 5.26 Å². The number of rotatable bonds is 2. The molecule has 0 aromatic heterocycles. The lowest BCUT2D eigenvalue weighted by molar-refractivity contribution is 0.248. The molecule has 1 heterocycles. The molecule has 1 aliphatic heterocycles. The Kier molecular flexibility index (Phi) is 4.54. The second kappa shape index (κ2) is 6.14. The van der Waals surface area contributed by atoms with Crippen LogP contribution < -0.4 is 5.32 Å². The minimum atomic E-state index is -0.566. The SMILES string of the molecule is N#CC(c1cc(Cl)ccc1F)N1CCCNCC1. The Morgan fingerprint density at radius 1 is 1.39 bits per heavy atom. The van der Waals surface area contributed by atoms with Gasteiger partial charge >= 0.3 is 0 Å². The summed E-state index contributed by atoms with van der Waals surface area (Å²) in [6.45, 7) is 3.29. The Hall–Kier alpha value is -1.15. The fourth-order valence-corrected chi connectivity index (χ4v) is 2.38. The molecule has 5 heteroatoms. The number of nitrogens with one attached hydrogen (secondary N) is 1. The molecule has 0 radical (unpaired) electrons. The van der Waals surface area contributed by atoms with E-state index in [2.05, 4.69) is 11.4 Å². The number of benzene rings is 1. The van der Waals surface area contributed by atoms with Crippen LogP contribution in [0.15, 0.2) is 18.2 Å². The molecular weight excluding hydrogens is 253 g/mol. The Labute approximate surface area is 111 Å². The predicted octanol–water partition coefficient (Wildman–Crippen LogP) is 2.34. The van der Waals surface area contributed by atoms with Crippen LogP contribution in [0.3, 0.4) is 0 Å². The molecule has 0 bridgehead atoms. The second-order valence-corrected chi connectivity index (χ2v) is 4.77. The van der Waals surface area contributed by atoms with Crippen LogP contribution >= 0.6 is 11.6 Å². The van der Waals surface area contributed by atoms with Crippen LogP contribution in [-0.2, 0) is 0 Å². The highest BCUT2D eigenvalue weighted by Gasteiger charge is 2.23. The maximum absolute atomic E-state index is 13.8. The maximum Gasteiger partial charge on any atom is 0.129 e. The first-order valence-electron chi connectivity index (χ1n) is 6.01. The van der Waals surface area contributed by atoms with Crippen LogP contribution in [-0.4, -0.2) is 31.1 Å². The highest BCUT2D eigenvalue weighted by atomic mass is 35.5. The topological polar surface area (TPSA) is 39.1 Å². The largest absolute Gasteiger partial charge is 0.315 e. The molecule has 0 aliphatic carbocycles. The summed E-state index contributed by atoms with van der Waals surface area (Å²) in [5.74, 6) is -0.372. The molecule has 1 unspecified atom stereocenters. The van der Waals surface area contributed by atoms with Gasteiger partial charge < -0.3 is 5.32 Å². The van der Waals surface area contributed by atoms with E-state index in [1.165, 1.54) is 12.1 Å². The first-order valence-corrected chi connectivity index (χ1v) is 6.39. The average molecular weight is 268 g/mol. The van der Waals surface area contributed by atoms with E-state index in [9.17, 15) is 9.65 Å². The van der Waals surface area contributed by atoms with Gasteiger partial charge in [-0.25, -0.2) is 4.39 Å². The summed E-state index contributed by atoms with van der Waals surface area (Å²) < 4.78 is 13.8. The third-order valence-corrected chi connectivity index (χ3v) is 3.35. The zero-order valence-corrected chi connectivity index (χ0v) is 10.8. The lowest BCUT2D eigenvalue weighted by atomic mass is 10.1. The van der Waals surface area contributed by atoms with Crippen molar-refractivity contribution >= 4 is 11.6 Å². The summed E-state index contributed by atoms with van der Waals surface area (Å²) >= 11 is 5.88. The van der Waals surface area contributed by atoms with Crippen LogP contribution in [0.5, 0.6) is 0 Å².